The molecule has 31 heavy (non-hydrogen) atoms. The molecule has 2 N–H and O–H groups in total. The van der Waals surface area contributed by atoms with Crippen LogP contribution in [0.4, 0.5) is 11.4 Å². The average Bonchev–Trinajstić information content (AvgIpc) is 3.33. The lowest BCUT2D eigenvalue weighted by Gasteiger charge is -2.19. The third-order valence-corrected chi connectivity index (χ3v) is 7.02. The Morgan fingerprint density at radius 3 is 2.81 bits per heavy atom. The zero-order valence-electron chi connectivity index (χ0n) is 17.8. The minimum atomic E-state index is -2.64. The van der Waals surface area contributed by atoms with E-state index in [-0.39, 0.29) is 18.2 Å². The van der Waals surface area contributed by atoms with Gasteiger partial charge in [0.2, 0.25) is 5.91 Å². The summed E-state index contributed by atoms with van der Waals surface area (Å²) in [5, 5.41) is 4.14. The summed E-state index contributed by atoms with van der Waals surface area (Å²) in [6.45, 7) is 4.64. The van der Waals surface area contributed by atoms with Crippen molar-refractivity contribution in [1.82, 2.24) is 9.36 Å². The lowest BCUT2D eigenvalue weighted by atomic mass is 10.1. The minimum absolute atomic E-state index is 0.0180. The summed E-state index contributed by atoms with van der Waals surface area (Å²) in [6.07, 6.45) is 2.17. The smallest absolute Gasteiger partial charge is 0.246 e. The van der Waals surface area contributed by atoms with Gasteiger partial charge in [-0.1, -0.05) is 24.3 Å². The van der Waals surface area contributed by atoms with E-state index >= 15 is 0 Å². The molecule has 1 aromatic heterocycles. The van der Waals surface area contributed by atoms with E-state index in [1.807, 2.05) is 50.2 Å². The Kier molecular flexibility index (Phi) is 5.81. The van der Waals surface area contributed by atoms with E-state index in [0.29, 0.717) is 6.54 Å². The molecule has 2 aromatic carbocycles. The standard InChI is InChI=1S/C22H25N5O2S2/c1-14-7-8-16(22-25-15(2)26-30-22)11-19(14)24-12-21(28)27-10-9-18-17(13-31(3,23)29)5-4-6-20(18)27/h4-8,11,23-24H,9-10,12-13H2,1-3H3. The van der Waals surface area contributed by atoms with Crippen molar-refractivity contribution in [2.75, 3.05) is 29.6 Å². The van der Waals surface area contributed by atoms with E-state index in [2.05, 4.69) is 14.7 Å². The summed E-state index contributed by atoms with van der Waals surface area (Å²) in [5.41, 5.74) is 5.71. The third-order valence-electron chi connectivity index (χ3n) is 5.30. The fourth-order valence-corrected chi connectivity index (χ4v) is 5.35. The molecule has 1 unspecified atom stereocenters. The average molecular weight is 456 g/mol. The highest BCUT2D eigenvalue weighted by Gasteiger charge is 2.26. The number of amides is 1. The number of fused-ring (bicyclic) bond motifs is 1. The number of carbonyl (C=O) groups is 1. The number of nitrogens with one attached hydrogen (secondary N) is 2. The van der Waals surface area contributed by atoms with Gasteiger partial charge in [-0.3, -0.25) is 9.57 Å². The first-order chi connectivity index (χ1) is 14.7. The monoisotopic (exact) mass is 455 g/mol. The van der Waals surface area contributed by atoms with Gasteiger partial charge >= 0.3 is 0 Å². The van der Waals surface area contributed by atoms with Gasteiger partial charge in [0.15, 0.2) is 0 Å². The molecule has 162 valence electrons. The Labute approximate surface area is 186 Å². The number of aromatic nitrogens is 2. The fraction of sp³-hybridized carbons (Fsp3) is 0.318. The molecule has 1 aliphatic rings. The van der Waals surface area contributed by atoms with E-state index in [4.69, 9.17) is 4.78 Å². The number of aryl methyl sites for hydroxylation is 2. The summed E-state index contributed by atoms with van der Waals surface area (Å²) in [6, 6.07) is 11.7. The van der Waals surface area contributed by atoms with Crippen LogP contribution in [0.15, 0.2) is 36.4 Å². The number of rotatable bonds is 6. The van der Waals surface area contributed by atoms with Crippen molar-refractivity contribution in [3.05, 3.63) is 58.9 Å². The topological polar surface area (TPSA) is 99.0 Å². The van der Waals surface area contributed by atoms with Crippen molar-refractivity contribution in [1.29, 1.82) is 4.78 Å². The van der Waals surface area contributed by atoms with Crippen molar-refractivity contribution >= 4 is 38.5 Å². The highest BCUT2D eigenvalue weighted by atomic mass is 32.2. The molecule has 0 bridgehead atoms. The van der Waals surface area contributed by atoms with Crippen molar-refractivity contribution < 1.29 is 9.00 Å². The highest BCUT2D eigenvalue weighted by Crippen LogP contribution is 2.32. The lowest BCUT2D eigenvalue weighted by molar-refractivity contribution is -0.116. The zero-order valence-corrected chi connectivity index (χ0v) is 19.4. The van der Waals surface area contributed by atoms with Crippen molar-refractivity contribution in [2.45, 2.75) is 26.0 Å². The van der Waals surface area contributed by atoms with Gasteiger partial charge < -0.3 is 10.2 Å². The summed E-state index contributed by atoms with van der Waals surface area (Å²) in [4.78, 5) is 19.2. The number of carbonyl (C=O) groups excluding carboxylic acids is 1. The second-order valence-electron chi connectivity index (χ2n) is 7.89. The highest BCUT2D eigenvalue weighted by molar-refractivity contribution is 7.90. The number of anilines is 2. The van der Waals surface area contributed by atoms with Crippen LogP contribution in [0, 0.1) is 18.6 Å². The first kappa shape index (κ1) is 21.5. The summed E-state index contributed by atoms with van der Waals surface area (Å²) in [5.74, 6) is 0.949. The zero-order chi connectivity index (χ0) is 22.2. The van der Waals surface area contributed by atoms with Crippen molar-refractivity contribution in [2.24, 2.45) is 0 Å². The molecule has 1 atom stereocenters. The predicted octanol–water partition coefficient (Wildman–Crippen LogP) is 4.00. The van der Waals surface area contributed by atoms with Crippen molar-refractivity contribution in [3.63, 3.8) is 0 Å². The van der Waals surface area contributed by atoms with Gasteiger partial charge in [0, 0.05) is 39.5 Å². The Hall–Kier alpha value is -2.78. The fourth-order valence-electron chi connectivity index (χ4n) is 3.82. The van der Waals surface area contributed by atoms with E-state index < -0.39 is 9.73 Å². The maximum atomic E-state index is 13.0. The largest absolute Gasteiger partial charge is 0.376 e. The molecule has 0 radical (unpaired) electrons. The first-order valence-electron chi connectivity index (χ1n) is 9.99. The summed E-state index contributed by atoms with van der Waals surface area (Å²) in [7, 11) is -2.64. The Balaban J connectivity index is 1.49. The molecule has 0 aliphatic carbocycles. The van der Waals surface area contributed by atoms with Crippen LogP contribution in [0.3, 0.4) is 0 Å². The van der Waals surface area contributed by atoms with Gasteiger partial charge in [0.05, 0.1) is 12.3 Å². The molecule has 1 aliphatic heterocycles. The van der Waals surface area contributed by atoms with Crippen LogP contribution in [-0.4, -0.2) is 38.8 Å². The molecule has 2 heterocycles. The summed E-state index contributed by atoms with van der Waals surface area (Å²) >= 11 is 1.36. The maximum absolute atomic E-state index is 13.0. The lowest BCUT2D eigenvalue weighted by Crippen LogP contribution is -2.34. The quantitative estimate of drug-likeness (QED) is 0.585. The molecule has 0 fully saturated rings. The molecule has 0 saturated heterocycles. The molecular formula is C22H25N5O2S2. The van der Waals surface area contributed by atoms with Crippen LogP contribution in [0.2, 0.25) is 0 Å². The normalized spacial score (nSPS) is 14.9. The Morgan fingerprint density at radius 1 is 1.29 bits per heavy atom. The minimum Gasteiger partial charge on any atom is -0.376 e. The van der Waals surface area contributed by atoms with E-state index in [1.54, 1.807) is 4.90 Å². The maximum Gasteiger partial charge on any atom is 0.246 e. The number of benzene rings is 2. The van der Waals surface area contributed by atoms with Crippen molar-refractivity contribution in [3.8, 4) is 10.6 Å². The first-order valence-corrected chi connectivity index (χ1v) is 12.9. The molecular weight excluding hydrogens is 430 g/mol. The summed E-state index contributed by atoms with van der Waals surface area (Å²) < 4.78 is 24.0. The molecule has 7 nitrogen and oxygen atoms in total. The van der Waals surface area contributed by atoms with Gasteiger partial charge in [0.1, 0.15) is 10.8 Å². The van der Waals surface area contributed by atoms with Crippen LogP contribution in [0.25, 0.3) is 10.6 Å². The Morgan fingerprint density at radius 2 is 2.10 bits per heavy atom. The van der Waals surface area contributed by atoms with Crippen LogP contribution < -0.4 is 10.2 Å². The van der Waals surface area contributed by atoms with Crippen LogP contribution in [0.5, 0.6) is 0 Å². The van der Waals surface area contributed by atoms with Gasteiger partial charge in [-0.25, -0.2) is 9.19 Å². The molecule has 0 spiro atoms. The molecule has 1 amide bonds. The van der Waals surface area contributed by atoms with Crippen LogP contribution in [0.1, 0.15) is 22.5 Å². The second-order valence-corrected chi connectivity index (χ2v) is 10.9. The number of hydrogen-bond donors (Lipinski definition) is 2. The van der Waals surface area contributed by atoms with Gasteiger partial charge in [-0.05, 0) is 60.6 Å². The predicted molar refractivity (Wildman–Crippen MR) is 126 cm³/mol. The Bertz CT molecular complexity index is 1250. The van der Waals surface area contributed by atoms with E-state index in [9.17, 15) is 9.00 Å². The SMILES string of the molecule is Cc1nsc(-c2ccc(C)c(NCC(=O)N3CCc4c(CS(C)(=N)=O)cccc43)c2)n1. The van der Waals surface area contributed by atoms with E-state index in [0.717, 1.165) is 50.9 Å². The number of nitrogens with zero attached hydrogens (tertiary/aromatic N) is 3. The molecule has 4 rings (SSSR count). The molecule has 9 heteroatoms. The second kappa shape index (κ2) is 8.39. The van der Waals surface area contributed by atoms with E-state index in [1.165, 1.54) is 17.8 Å². The molecule has 0 saturated carbocycles. The van der Waals surface area contributed by atoms with Gasteiger partial charge in [-0.2, -0.15) is 4.37 Å². The van der Waals surface area contributed by atoms with Crippen LogP contribution >= 0.6 is 11.5 Å². The van der Waals surface area contributed by atoms with Gasteiger partial charge in [0.25, 0.3) is 0 Å². The third kappa shape index (κ3) is 4.77. The molecule has 3 aromatic rings. The number of hydrogen-bond acceptors (Lipinski definition) is 7. The van der Waals surface area contributed by atoms with Gasteiger partial charge in [-0.15, -0.1) is 0 Å². The van der Waals surface area contributed by atoms with Crippen LogP contribution in [-0.2, 0) is 26.7 Å².